The number of aryl methyl sites for hydroxylation is 1. The van der Waals surface area contributed by atoms with Gasteiger partial charge in [-0.15, -0.1) is 0 Å². The number of methoxy groups -OCH3 is 2. The Kier molecular flexibility index (Phi) is 8.89. The summed E-state index contributed by atoms with van der Waals surface area (Å²) in [5, 5.41) is 18.6. The van der Waals surface area contributed by atoms with Gasteiger partial charge in [0.15, 0.2) is 5.82 Å². The van der Waals surface area contributed by atoms with E-state index in [1.54, 1.807) is 50.3 Å². The number of hydrogen-bond donors (Lipinski definition) is 2. The third kappa shape index (κ3) is 6.83. The van der Waals surface area contributed by atoms with Crippen molar-refractivity contribution in [3.05, 3.63) is 82.7 Å². The molecule has 0 saturated carbocycles. The Morgan fingerprint density at radius 3 is 1.77 bits per heavy atom. The number of ether oxygens (including phenoxy) is 2. The van der Waals surface area contributed by atoms with Crippen molar-refractivity contribution < 1.29 is 37.3 Å². The van der Waals surface area contributed by atoms with Crippen molar-refractivity contribution in [2.45, 2.75) is 32.9 Å². The molecule has 0 aliphatic rings. The highest BCUT2D eigenvalue weighted by Crippen LogP contribution is 2.37. The van der Waals surface area contributed by atoms with E-state index in [1.807, 2.05) is 24.3 Å². The van der Waals surface area contributed by atoms with E-state index in [4.69, 9.17) is 14.1 Å². The average molecular weight is 489 g/mol. The molecule has 186 valence electrons. The van der Waals surface area contributed by atoms with Crippen LogP contribution in [0.5, 0.6) is 17.2 Å². The molecule has 0 radical (unpaired) electrons. The summed E-state index contributed by atoms with van der Waals surface area (Å²) in [5.74, 6) is -0.228. The van der Waals surface area contributed by atoms with E-state index in [9.17, 15) is 18.8 Å². The highest BCUT2D eigenvalue weighted by molar-refractivity contribution is 6.33. The van der Waals surface area contributed by atoms with Crippen molar-refractivity contribution in [3.8, 4) is 17.2 Å². The Morgan fingerprint density at radius 2 is 1.37 bits per heavy atom. The van der Waals surface area contributed by atoms with Gasteiger partial charge < -0.3 is 29.1 Å². The summed E-state index contributed by atoms with van der Waals surface area (Å²) in [5.41, 5.74) is 1.98. The van der Waals surface area contributed by atoms with Crippen LogP contribution < -0.4 is 19.0 Å². The van der Waals surface area contributed by atoms with Crippen LogP contribution in [0.25, 0.3) is 0 Å². The Balaban J connectivity index is 2.07. The maximum Gasteiger partial charge on any atom is 0.707 e. The van der Waals surface area contributed by atoms with Gasteiger partial charge in [-0.05, 0) is 53.9 Å². The Labute approximate surface area is 202 Å². The zero-order valence-corrected chi connectivity index (χ0v) is 19.7. The van der Waals surface area contributed by atoms with Crippen LogP contribution in [-0.2, 0) is 19.5 Å². The smallest absolute Gasteiger partial charge is 0.509 e. The minimum atomic E-state index is -2.77. The lowest BCUT2D eigenvalue weighted by Gasteiger charge is -2.28. The van der Waals surface area contributed by atoms with Crippen LogP contribution in [0.1, 0.15) is 22.3 Å². The lowest BCUT2D eigenvalue weighted by atomic mass is 10.0. The molecule has 3 aromatic carbocycles. The van der Waals surface area contributed by atoms with Gasteiger partial charge in [-0.25, -0.2) is 13.2 Å². The Hall–Kier alpha value is -3.37. The molecule has 0 heterocycles. The predicted octanol–water partition coefficient (Wildman–Crippen LogP) is 4.51. The van der Waals surface area contributed by atoms with Crippen molar-refractivity contribution >= 4 is 13.0 Å². The van der Waals surface area contributed by atoms with Gasteiger partial charge >= 0.3 is 7.32 Å². The second kappa shape index (κ2) is 11.9. The summed E-state index contributed by atoms with van der Waals surface area (Å²) in [6.45, 7) is 2.08. The fourth-order valence-corrected chi connectivity index (χ4v) is 3.78. The third-order valence-electron chi connectivity index (χ3n) is 5.51. The zero-order valence-electron chi connectivity index (χ0n) is 19.7. The molecule has 0 aromatic heterocycles. The summed E-state index contributed by atoms with van der Waals surface area (Å²) in [4.78, 5) is 1.72. The molecule has 0 atom stereocenters. The number of alkyl halides is 2. The molecule has 0 saturated heterocycles. The van der Waals surface area contributed by atoms with Gasteiger partial charge in [-0.1, -0.05) is 24.3 Å². The van der Waals surface area contributed by atoms with Crippen LogP contribution in [0.3, 0.4) is 0 Å². The lowest BCUT2D eigenvalue weighted by molar-refractivity contribution is 0.147. The van der Waals surface area contributed by atoms with Crippen LogP contribution >= 0.6 is 0 Å². The maximum atomic E-state index is 15.7. The SMILES string of the molecule is COc1ccc(CN(Cc2ccc(OC)cc2)c2cc(C)c(CC(F)F)c(OB(O)O)c2F)cc1. The number of nitrogens with zero attached hydrogens (tertiary/aromatic N) is 1. The van der Waals surface area contributed by atoms with Crippen LogP contribution in [0.15, 0.2) is 54.6 Å². The van der Waals surface area contributed by atoms with Crippen molar-refractivity contribution in [2.75, 3.05) is 19.1 Å². The van der Waals surface area contributed by atoms with Crippen LogP contribution in [-0.4, -0.2) is 38.0 Å². The molecule has 0 fully saturated rings. The minimum Gasteiger partial charge on any atom is -0.509 e. The van der Waals surface area contributed by atoms with E-state index in [0.29, 0.717) is 17.1 Å². The van der Waals surface area contributed by atoms with Crippen molar-refractivity contribution in [1.82, 2.24) is 0 Å². The zero-order chi connectivity index (χ0) is 25.5. The largest absolute Gasteiger partial charge is 0.707 e. The third-order valence-corrected chi connectivity index (χ3v) is 5.51. The highest BCUT2D eigenvalue weighted by atomic mass is 19.3. The van der Waals surface area contributed by atoms with Gasteiger partial charge in [0, 0.05) is 25.1 Å². The number of rotatable bonds is 11. The summed E-state index contributed by atoms with van der Waals surface area (Å²) >= 11 is 0. The summed E-state index contributed by atoms with van der Waals surface area (Å²) in [6, 6.07) is 16.0. The van der Waals surface area contributed by atoms with E-state index in [2.05, 4.69) is 0 Å². The van der Waals surface area contributed by atoms with Crippen molar-refractivity contribution in [3.63, 3.8) is 0 Å². The minimum absolute atomic E-state index is 0.0720. The standard InChI is InChI=1S/C25H27BF3NO5/c1-16-12-22(24(29)25(35-26(31)32)21(16)13-23(27)28)30(14-17-4-8-19(33-2)9-5-17)15-18-6-10-20(34-3)11-7-18/h4-12,23,31-32H,13-15H2,1-3H3. The second-order valence-corrected chi connectivity index (χ2v) is 7.93. The molecule has 0 bridgehead atoms. The van der Waals surface area contributed by atoms with Gasteiger partial charge in [-0.2, -0.15) is 0 Å². The van der Waals surface area contributed by atoms with Gasteiger partial charge in [-0.3, -0.25) is 0 Å². The molecule has 0 aliphatic heterocycles. The number of anilines is 1. The Bertz CT molecular complexity index is 1060. The summed E-state index contributed by atoms with van der Waals surface area (Å²) < 4.78 is 57.3. The molecule has 35 heavy (non-hydrogen) atoms. The fraction of sp³-hybridized carbons (Fsp3) is 0.280. The lowest BCUT2D eigenvalue weighted by Crippen LogP contribution is -2.26. The summed E-state index contributed by atoms with van der Waals surface area (Å²) in [6.07, 6.45) is -3.56. The number of benzene rings is 3. The first kappa shape index (κ1) is 26.2. The first-order valence-electron chi connectivity index (χ1n) is 10.9. The molecule has 0 unspecified atom stereocenters. The molecule has 0 spiro atoms. The van der Waals surface area contributed by atoms with Crippen LogP contribution in [0, 0.1) is 12.7 Å². The number of hydrogen-bond acceptors (Lipinski definition) is 6. The molecule has 6 nitrogen and oxygen atoms in total. The van der Waals surface area contributed by atoms with Gasteiger partial charge in [0.05, 0.1) is 19.9 Å². The topological polar surface area (TPSA) is 71.4 Å². The van der Waals surface area contributed by atoms with Crippen molar-refractivity contribution in [1.29, 1.82) is 0 Å². The highest BCUT2D eigenvalue weighted by Gasteiger charge is 2.27. The first-order valence-corrected chi connectivity index (χ1v) is 10.9. The monoisotopic (exact) mass is 489 g/mol. The van der Waals surface area contributed by atoms with E-state index < -0.39 is 31.7 Å². The molecular formula is C25H27BF3NO5. The molecule has 3 aromatic rings. The molecule has 0 aliphatic carbocycles. The molecule has 10 heteroatoms. The molecule has 0 amide bonds. The van der Waals surface area contributed by atoms with Gasteiger partial charge in [0.25, 0.3) is 0 Å². The molecule has 2 N–H and O–H groups in total. The van der Waals surface area contributed by atoms with Crippen LogP contribution in [0.4, 0.5) is 18.9 Å². The van der Waals surface area contributed by atoms with E-state index in [0.717, 1.165) is 11.1 Å². The maximum absolute atomic E-state index is 15.7. The molecule has 3 rings (SSSR count). The van der Waals surface area contributed by atoms with E-state index in [-0.39, 0.29) is 24.3 Å². The normalized spacial score (nSPS) is 10.9. The van der Waals surface area contributed by atoms with Crippen molar-refractivity contribution in [2.24, 2.45) is 0 Å². The van der Waals surface area contributed by atoms with Gasteiger partial charge in [0.2, 0.25) is 6.43 Å². The molecular weight excluding hydrogens is 462 g/mol. The average Bonchev–Trinajstić information content (AvgIpc) is 2.83. The summed E-state index contributed by atoms with van der Waals surface area (Å²) in [7, 11) is 0.745. The predicted molar refractivity (Wildman–Crippen MR) is 128 cm³/mol. The van der Waals surface area contributed by atoms with Crippen LogP contribution in [0.2, 0.25) is 0 Å². The number of halogens is 3. The van der Waals surface area contributed by atoms with E-state index in [1.165, 1.54) is 6.07 Å². The Morgan fingerprint density at radius 1 is 0.886 bits per heavy atom. The van der Waals surface area contributed by atoms with E-state index >= 15 is 4.39 Å². The second-order valence-electron chi connectivity index (χ2n) is 7.93. The fourth-order valence-electron chi connectivity index (χ4n) is 3.78. The van der Waals surface area contributed by atoms with Gasteiger partial charge in [0.1, 0.15) is 17.2 Å². The first-order chi connectivity index (χ1) is 16.7. The quantitative estimate of drug-likeness (QED) is 0.387.